The minimum Gasteiger partial charge on any atom is -0.489 e. The van der Waals surface area contributed by atoms with Crippen LogP contribution in [0.4, 0.5) is 0 Å². The molecule has 2 rings (SSSR count). The van der Waals surface area contributed by atoms with Crippen LogP contribution in [0.2, 0.25) is 0 Å². The number of carbonyl (C=O) groups is 1. The van der Waals surface area contributed by atoms with Crippen molar-refractivity contribution in [3.63, 3.8) is 0 Å². The van der Waals surface area contributed by atoms with E-state index in [1.807, 2.05) is 48.5 Å². The van der Waals surface area contributed by atoms with Gasteiger partial charge < -0.3 is 14.6 Å². The van der Waals surface area contributed by atoms with Crippen molar-refractivity contribution in [2.45, 2.75) is 0 Å². The molecular formula is C19H16O4. The number of ether oxygens (including phenoxy) is 2. The summed E-state index contributed by atoms with van der Waals surface area (Å²) in [6.45, 7) is 0.139. The van der Waals surface area contributed by atoms with Gasteiger partial charge in [0, 0.05) is 6.08 Å². The SMILES string of the molecule is O=C(O)/C(=C/C#CCOc1ccccc1)COc1ccccc1. The fourth-order valence-electron chi connectivity index (χ4n) is 1.66. The molecule has 4 heteroatoms. The Bertz CT molecular complexity index is 709. The number of benzene rings is 2. The Kier molecular flexibility index (Phi) is 6.30. The summed E-state index contributed by atoms with van der Waals surface area (Å²) in [7, 11) is 0. The van der Waals surface area contributed by atoms with Crippen LogP contribution >= 0.6 is 0 Å². The van der Waals surface area contributed by atoms with Crippen molar-refractivity contribution in [2.75, 3.05) is 13.2 Å². The molecule has 0 fully saturated rings. The van der Waals surface area contributed by atoms with E-state index >= 15 is 0 Å². The van der Waals surface area contributed by atoms with Crippen LogP contribution in [-0.2, 0) is 4.79 Å². The van der Waals surface area contributed by atoms with Crippen LogP contribution in [0.1, 0.15) is 0 Å². The lowest BCUT2D eigenvalue weighted by Gasteiger charge is -2.05. The first-order valence-corrected chi connectivity index (χ1v) is 7.02. The molecule has 4 nitrogen and oxygen atoms in total. The highest BCUT2D eigenvalue weighted by Crippen LogP contribution is 2.10. The molecule has 0 atom stereocenters. The van der Waals surface area contributed by atoms with Crippen LogP contribution < -0.4 is 9.47 Å². The molecule has 0 radical (unpaired) electrons. The van der Waals surface area contributed by atoms with E-state index in [1.165, 1.54) is 6.08 Å². The van der Waals surface area contributed by atoms with E-state index in [4.69, 9.17) is 14.6 Å². The fraction of sp³-hybridized carbons (Fsp3) is 0.105. The predicted molar refractivity (Wildman–Crippen MR) is 87.4 cm³/mol. The van der Waals surface area contributed by atoms with Gasteiger partial charge in [-0.1, -0.05) is 48.2 Å². The number of carboxylic acids is 1. The molecule has 1 N–H and O–H groups in total. The van der Waals surface area contributed by atoms with E-state index in [0.717, 1.165) is 5.75 Å². The quantitative estimate of drug-likeness (QED) is 0.658. The molecule has 2 aromatic rings. The van der Waals surface area contributed by atoms with Gasteiger partial charge in [-0.05, 0) is 24.3 Å². The molecule has 0 aliphatic heterocycles. The van der Waals surface area contributed by atoms with E-state index in [1.54, 1.807) is 12.1 Å². The first kappa shape index (κ1) is 16.2. The van der Waals surface area contributed by atoms with Gasteiger partial charge in [0.1, 0.15) is 24.7 Å². The number of hydrogen-bond donors (Lipinski definition) is 1. The van der Waals surface area contributed by atoms with Gasteiger partial charge in [0.2, 0.25) is 0 Å². The van der Waals surface area contributed by atoms with Crippen molar-refractivity contribution >= 4 is 5.97 Å². The summed E-state index contributed by atoms with van der Waals surface area (Å²) in [5.41, 5.74) is 0.0843. The number of rotatable bonds is 6. The van der Waals surface area contributed by atoms with Crippen molar-refractivity contribution in [1.82, 2.24) is 0 Å². The Morgan fingerprint density at radius 2 is 1.52 bits per heavy atom. The minimum absolute atomic E-state index is 0.0480. The third-order valence-electron chi connectivity index (χ3n) is 2.81. The first-order chi connectivity index (χ1) is 11.3. The lowest BCUT2D eigenvalue weighted by atomic mass is 10.2. The molecule has 116 valence electrons. The second-order valence-corrected chi connectivity index (χ2v) is 4.50. The van der Waals surface area contributed by atoms with Gasteiger partial charge in [-0.3, -0.25) is 0 Å². The minimum atomic E-state index is -1.06. The van der Waals surface area contributed by atoms with Crippen molar-refractivity contribution < 1.29 is 19.4 Å². The Labute approximate surface area is 135 Å². The fourth-order valence-corrected chi connectivity index (χ4v) is 1.66. The molecule has 0 bridgehead atoms. The number of hydrogen-bond acceptors (Lipinski definition) is 3. The molecule has 0 saturated carbocycles. The van der Waals surface area contributed by atoms with E-state index in [-0.39, 0.29) is 18.8 Å². The molecular weight excluding hydrogens is 292 g/mol. The molecule has 0 aliphatic carbocycles. The van der Waals surface area contributed by atoms with Crippen molar-refractivity contribution in [3.05, 3.63) is 72.3 Å². The summed E-state index contributed by atoms with van der Waals surface area (Å²) >= 11 is 0. The summed E-state index contributed by atoms with van der Waals surface area (Å²) in [5, 5.41) is 9.14. The molecule has 0 saturated heterocycles. The first-order valence-electron chi connectivity index (χ1n) is 7.02. The summed E-state index contributed by atoms with van der Waals surface area (Å²) in [4.78, 5) is 11.2. The molecule has 0 heterocycles. The Morgan fingerprint density at radius 3 is 2.09 bits per heavy atom. The topological polar surface area (TPSA) is 55.8 Å². The van der Waals surface area contributed by atoms with Crippen LogP contribution in [0.25, 0.3) is 0 Å². The third-order valence-corrected chi connectivity index (χ3v) is 2.81. The van der Waals surface area contributed by atoms with Gasteiger partial charge in [-0.2, -0.15) is 0 Å². The van der Waals surface area contributed by atoms with Crippen LogP contribution in [0.15, 0.2) is 72.3 Å². The highest BCUT2D eigenvalue weighted by atomic mass is 16.5. The summed E-state index contributed by atoms with van der Waals surface area (Å²) in [6.07, 6.45) is 1.33. The van der Waals surface area contributed by atoms with Gasteiger partial charge in [0.25, 0.3) is 0 Å². The summed E-state index contributed by atoms with van der Waals surface area (Å²) < 4.78 is 10.8. The van der Waals surface area contributed by atoms with Crippen LogP contribution in [0.5, 0.6) is 11.5 Å². The molecule has 0 unspecified atom stereocenters. The normalized spacial score (nSPS) is 10.3. The van der Waals surface area contributed by atoms with Crippen LogP contribution in [0, 0.1) is 11.8 Å². The zero-order chi connectivity index (χ0) is 16.3. The standard InChI is InChI=1S/C19H16O4/c20-19(21)16(15-23-18-12-5-2-6-13-18)9-7-8-14-22-17-10-3-1-4-11-17/h1-6,9-13H,14-15H2,(H,20,21)/b16-9+. The van der Waals surface area contributed by atoms with Crippen molar-refractivity contribution in [3.8, 4) is 23.3 Å². The zero-order valence-electron chi connectivity index (χ0n) is 12.4. The van der Waals surface area contributed by atoms with E-state index in [0.29, 0.717) is 5.75 Å². The lowest BCUT2D eigenvalue weighted by Crippen LogP contribution is -2.10. The number of allylic oxidation sites excluding steroid dienone is 1. The molecule has 2 aromatic carbocycles. The van der Waals surface area contributed by atoms with Crippen molar-refractivity contribution in [1.29, 1.82) is 0 Å². The Balaban J connectivity index is 1.86. The maximum atomic E-state index is 11.2. The average molecular weight is 308 g/mol. The predicted octanol–water partition coefficient (Wildman–Crippen LogP) is 3.16. The zero-order valence-corrected chi connectivity index (χ0v) is 12.4. The van der Waals surface area contributed by atoms with Gasteiger partial charge in [-0.25, -0.2) is 4.79 Å². The second kappa shape index (κ2) is 8.96. The Hall–Kier alpha value is -3.19. The smallest absolute Gasteiger partial charge is 0.335 e. The van der Waals surface area contributed by atoms with Crippen LogP contribution in [-0.4, -0.2) is 24.3 Å². The molecule has 0 spiro atoms. The van der Waals surface area contributed by atoms with Gasteiger partial charge in [0.05, 0.1) is 5.57 Å². The Morgan fingerprint density at radius 1 is 0.957 bits per heavy atom. The second-order valence-electron chi connectivity index (χ2n) is 4.50. The van der Waals surface area contributed by atoms with Gasteiger partial charge >= 0.3 is 5.97 Å². The summed E-state index contributed by atoms with van der Waals surface area (Å²) in [5.74, 6) is 5.70. The van der Waals surface area contributed by atoms with Crippen molar-refractivity contribution in [2.24, 2.45) is 0 Å². The largest absolute Gasteiger partial charge is 0.489 e. The third kappa shape index (κ3) is 5.98. The van der Waals surface area contributed by atoms with E-state index < -0.39 is 5.97 Å². The maximum absolute atomic E-state index is 11.2. The molecule has 0 amide bonds. The molecule has 0 aromatic heterocycles. The molecule has 23 heavy (non-hydrogen) atoms. The number of carboxylic acid groups (broad SMARTS) is 1. The lowest BCUT2D eigenvalue weighted by molar-refractivity contribution is -0.133. The monoisotopic (exact) mass is 308 g/mol. The highest BCUT2D eigenvalue weighted by Gasteiger charge is 2.07. The number of aliphatic carboxylic acids is 1. The van der Waals surface area contributed by atoms with Gasteiger partial charge in [-0.15, -0.1) is 0 Å². The average Bonchev–Trinajstić information content (AvgIpc) is 2.59. The van der Waals surface area contributed by atoms with E-state index in [2.05, 4.69) is 11.8 Å². The van der Waals surface area contributed by atoms with E-state index in [9.17, 15) is 4.79 Å². The maximum Gasteiger partial charge on any atom is 0.335 e. The highest BCUT2D eigenvalue weighted by molar-refractivity contribution is 5.87. The number of para-hydroxylation sites is 2. The van der Waals surface area contributed by atoms with Gasteiger partial charge in [0.15, 0.2) is 0 Å². The summed E-state index contributed by atoms with van der Waals surface area (Å²) in [6, 6.07) is 18.3. The van der Waals surface area contributed by atoms with Crippen LogP contribution in [0.3, 0.4) is 0 Å². The molecule has 0 aliphatic rings.